The molecule has 1 N–H and O–H groups in total. The monoisotopic (exact) mass is 498 g/mol. The molecular formula is C17H21F11O4. The van der Waals surface area contributed by atoms with Gasteiger partial charge in [0.25, 0.3) is 0 Å². The summed E-state index contributed by atoms with van der Waals surface area (Å²) in [7, 11) is 0. The van der Waals surface area contributed by atoms with Crippen molar-refractivity contribution < 1.29 is 67.7 Å². The van der Waals surface area contributed by atoms with E-state index >= 15 is 8.78 Å². The summed E-state index contributed by atoms with van der Waals surface area (Å²) >= 11 is 0. The second-order valence-corrected chi connectivity index (χ2v) is 7.76. The van der Waals surface area contributed by atoms with Gasteiger partial charge in [-0.3, -0.25) is 4.79 Å². The Morgan fingerprint density at radius 3 is 1.69 bits per heavy atom. The molecule has 0 amide bonds. The molecule has 4 atom stereocenters. The van der Waals surface area contributed by atoms with Gasteiger partial charge in [-0.15, -0.1) is 0 Å². The zero-order valence-corrected chi connectivity index (χ0v) is 17.2. The molecule has 0 aromatic heterocycles. The van der Waals surface area contributed by atoms with Gasteiger partial charge in [0.15, 0.2) is 16.6 Å². The fourth-order valence-corrected chi connectivity index (χ4v) is 3.33. The number of esters is 1. The highest BCUT2D eigenvalue weighted by Gasteiger charge is 2.86. The van der Waals surface area contributed by atoms with Gasteiger partial charge < -0.3 is 14.6 Å². The molecule has 1 aliphatic heterocycles. The van der Waals surface area contributed by atoms with E-state index in [4.69, 9.17) is 0 Å². The van der Waals surface area contributed by atoms with Crippen LogP contribution >= 0.6 is 0 Å². The highest BCUT2D eigenvalue weighted by atomic mass is 19.4. The Morgan fingerprint density at radius 1 is 0.938 bits per heavy atom. The molecule has 1 saturated heterocycles. The first-order valence-corrected chi connectivity index (χ1v) is 9.21. The van der Waals surface area contributed by atoms with Gasteiger partial charge in [-0.05, 0) is 26.2 Å². The Labute approximate surface area is 175 Å². The molecule has 1 rings (SSSR count). The predicted molar refractivity (Wildman–Crippen MR) is 84.3 cm³/mol. The molecule has 0 saturated carbocycles. The lowest BCUT2D eigenvalue weighted by Crippen LogP contribution is -2.79. The molecule has 32 heavy (non-hydrogen) atoms. The number of carbonyl (C=O) groups excluding carboxylic acids is 1. The maximum atomic E-state index is 15.1. The first-order chi connectivity index (χ1) is 14.0. The van der Waals surface area contributed by atoms with Gasteiger partial charge in [0.2, 0.25) is 0 Å². The summed E-state index contributed by atoms with van der Waals surface area (Å²) in [4.78, 5) is 12.3. The van der Waals surface area contributed by atoms with Crippen LogP contribution < -0.4 is 0 Å². The number of carbonyl (C=O) groups is 1. The molecule has 0 aromatic rings. The van der Waals surface area contributed by atoms with E-state index in [-0.39, 0.29) is 6.92 Å². The topological polar surface area (TPSA) is 55.8 Å². The third-order valence-corrected chi connectivity index (χ3v) is 6.03. The fourth-order valence-electron chi connectivity index (χ4n) is 3.33. The summed E-state index contributed by atoms with van der Waals surface area (Å²) in [5, 5.41) is 9.75. The standard InChI is InChI=1S/C17H21F11O4/c1-5-10(4,15(20,21)22)9(29)31-11(6-2)8-12(7-3,16(23,24)25)32-14(30,13(11,18)19)17(26,27)28/h30H,5-8H2,1-4H3. The average Bonchev–Trinajstić information content (AvgIpc) is 2.61. The maximum Gasteiger partial charge on any atom is 0.449 e. The molecule has 0 bridgehead atoms. The third kappa shape index (κ3) is 3.82. The smallest absolute Gasteiger partial charge is 0.449 e. The molecule has 0 spiro atoms. The predicted octanol–water partition coefficient (Wildman–Crippen LogP) is 5.67. The lowest BCUT2D eigenvalue weighted by molar-refractivity contribution is -0.519. The van der Waals surface area contributed by atoms with Crippen molar-refractivity contribution >= 4 is 5.97 Å². The van der Waals surface area contributed by atoms with Crippen LogP contribution in [0.15, 0.2) is 0 Å². The molecule has 4 nitrogen and oxygen atoms in total. The molecule has 1 heterocycles. The molecule has 1 aliphatic rings. The molecule has 0 radical (unpaired) electrons. The van der Waals surface area contributed by atoms with Crippen LogP contribution in [0.25, 0.3) is 0 Å². The summed E-state index contributed by atoms with van der Waals surface area (Å²) in [6.07, 6.45) is -24.1. The maximum absolute atomic E-state index is 15.1. The lowest BCUT2D eigenvalue weighted by atomic mass is 9.72. The van der Waals surface area contributed by atoms with Crippen LogP contribution in [0.1, 0.15) is 53.4 Å². The number of halogens is 11. The van der Waals surface area contributed by atoms with Gasteiger partial charge in [0, 0.05) is 6.42 Å². The zero-order valence-electron chi connectivity index (χ0n) is 17.2. The minimum Gasteiger partial charge on any atom is -0.452 e. The molecule has 0 aromatic carbocycles. The molecule has 190 valence electrons. The number of hydrogen-bond acceptors (Lipinski definition) is 4. The van der Waals surface area contributed by atoms with E-state index in [1.54, 1.807) is 0 Å². The molecule has 4 unspecified atom stereocenters. The Kier molecular flexibility index (Phi) is 7.02. The Hall–Kier alpha value is -1.38. The van der Waals surface area contributed by atoms with E-state index in [1.165, 1.54) is 0 Å². The van der Waals surface area contributed by atoms with Gasteiger partial charge in [-0.1, -0.05) is 20.8 Å². The van der Waals surface area contributed by atoms with E-state index in [2.05, 4.69) is 9.47 Å². The first kappa shape index (κ1) is 28.7. The Balaban J connectivity index is 3.88. The second kappa shape index (κ2) is 7.84. The van der Waals surface area contributed by atoms with E-state index < -0.39 is 78.5 Å². The quantitative estimate of drug-likeness (QED) is 0.392. The average molecular weight is 498 g/mol. The van der Waals surface area contributed by atoms with Crippen LogP contribution in [0.3, 0.4) is 0 Å². The largest absolute Gasteiger partial charge is 0.452 e. The Morgan fingerprint density at radius 2 is 1.41 bits per heavy atom. The van der Waals surface area contributed by atoms with Gasteiger partial charge in [-0.2, -0.15) is 48.3 Å². The van der Waals surface area contributed by atoms with Gasteiger partial charge >= 0.3 is 36.2 Å². The van der Waals surface area contributed by atoms with Crippen molar-refractivity contribution in [3.63, 3.8) is 0 Å². The van der Waals surface area contributed by atoms with Crippen LogP contribution in [0.5, 0.6) is 0 Å². The number of ether oxygens (including phenoxy) is 2. The normalized spacial score (nSPS) is 33.5. The summed E-state index contributed by atoms with van der Waals surface area (Å²) < 4.78 is 160. The van der Waals surface area contributed by atoms with E-state index in [9.17, 15) is 49.4 Å². The van der Waals surface area contributed by atoms with Gasteiger partial charge in [0.1, 0.15) is 0 Å². The van der Waals surface area contributed by atoms with Crippen LogP contribution in [0.4, 0.5) is 48.3 Å². The van der Waals surface area contributed by atoms with Gasteiger partial charge in [-0.25, -0.2) is 0 Å². The zero-order chi connectivity index (χ0) is 25.8. The highest BCUT2D eigenvalue weighted by Crippen LogP contribution is 2.62. The lowest BCUT2D eigenvalue weighted by Gasteiger charge is -2.57. The fraction of sp³-hybridized carbons (Fsp3) is 0.941. The van der Waals surface area contributed by atoms with Crippen LogP contribution in [-0.2, 0) is 14.3 Å². The molecule has 1 fully saturated rings. The molecule has 15 heteroatoms. The minimum absolute atomic E-state index is 0.197. The van der Waals surface area contributed by atoms with Crippen molar-refractivity contribution in [3.8, 4) is 0 Å². The number of hydrogen-bond donors (Lipinski definition) is 1. The molecular weight excluding hydrogens is 477 g/mol. The van der Waals surface area contributed by atoms with Crippen molar-refractivity contribution in [2.45, 2.75) is 94.8 Å². The van der Waals surface area contributed by atoms with E-state index in [0.717, 1.165) is 6.92 Å². The third-order valence-electron chi connectivity index (χ3n) is 6.03. The van der Waals surface area contributed by atoms with Crippen molar-refractivity contribution in [1.29, 1.82) is 0 Å². The second-order valence-electron chi connectivity index (χ2n) is 7.76. The number of aliphatic hydroxyl groups is 1. The Bertz CT molecular complexity index is 717. The van der Waals surface area contributed by atoms with Crippen molar-refractivity contribution in [2.24, 2.45) is 5.41 Å². The van der Waals surface area contributed by atoms with Crippen LogP contribution in [0.2, 0.25) is 0 Å². The van der Waals surface area contributed by atoms with Crippen LogP contribution in [-0.4, -0.2) is 52.5 Å². The SMILES string of the molecule is CCC1(C(F)(F)F)CC(CC)(OC(=O)C(C)(CC)C(F)(F)F)C(F)(F)C(O)(C(F)(F)F)O1. The summed E-state index contributed by atoms with van der Waals surface area (Å²) in [5.74, 6) is -14.2. The van der Waals surface area contributed by atoms with Crippen molar-refractivity contribution in [1.82, 2.24) is 0 Å². The first-order valence-electron chi connectivity index (χ1n) is 9.21. The van der Waals surface area contributed by atoms with Crippen molar-refractivity contribution in [3.05, 3.63) is 0 Å². The number of alkyl halides is 11. The summed E-state index contributed by atoms with van der Waals surface area (Å²) in [6, 6.07) is 0. The number of rotatable bonds is 5. The van der Waals surface area contributed by atoms with E-state index in [0.29, 0.717) is 13.8 Å². The summed E-state index contributed by atoms with van der Waals surface area (Å²) in [6.45, 7) is 2.16. The van der Waals surface area contributed by atoms with Crippen LogP contribution in [0, 0.1) is 5.41 Å². The van der Waals surface area contributed by atoms with E-state index in [1.807, 2.05) is 0 Å². The molecule has 0 aliphatic carbocycles. The summed E-state index contributed by atoms with van der Waals surface area (Å²) in [5.41, 5.74) is -11.8. The highest BCUT2D eigenvalue weighted by molar-refractivity contribution is 5.78. The minimum atomic E-state index is -6.56. The van der Waals surface area contributed by atoms with Gasteiger partial charge in [0.05, 0.1) is 0 Å². The van der Waals surface area contributed by atoms with Crippen molar-refractivity contribution in [2.75, 3.05) is 0 Å².